The fourth-order valence-corrected chi connectivity index (χ4v) is 3.08. The maximum Gasteiger partial charge on any atom is 0.165 e. The molecule has 0 aliphatic heterocycles. The summed E-state index contributed by atoms with van der Waals surface area (Å²) in [5, 5.41) is 5.28. The quantitative estimate of drug-likeness (QED) is 0.747. The van der Waals surface area contributed by atoms with Gasteiger partial charge in [0.15, 0.2) is 11.6 Å². The minimum Gasteiger partial charge on any atom is -0.381 e. The number of anilines is 1. The molecular formula is C11H10BrN5S. The van der Waals surface area contributed by atoms with Crippen LogP contribution in [0.15, 0.2) is 17.0 Å². The van der Waals surface area contributed by atoms with Crippen LogP contribution in [-0.4, -0.2) is 19.7 Å². The van der Waals surface area contributed by atoms with E-state index in [9.17, 15) is 0 Å². The molecule has 3 aromatic heterocycles. The third-order valence-corrected chi connectivity index (χ3v) is 4.58. The highest BCUT2D eigenvalue weighted by Crippen LogP contribution is 2.32. The van der Waals surface area contributed by atoms with Crippen LogP contribution in [0.5, 0.6) is 0 Å². The lowest BCUT2D eigenvalue weighted by atomic mass is 10.2. The molecule has 92 valence electrons. The summed E-state index contributed by atoms with van der Waals surface area (Å²) in [6.07, 6.45) is 3.36. The number of hydrogen-bond acceptors (Lipinski definition) is 5. The second-order valence-corrected chi connectivity index (χ2v) is 6.03. The minimum absolute atomic E-state index is 0.450. The highest BCUT2D eigenvalue weighted by molar-refractivity contribution is 9.10. The molecule has 0 atom stereocenters. The lowest BCUT2D eigenvalue weighted by Gasteiger charge is -2.02. The predicted octanol–water partition coefficient (Wildman–Crippen LogP) is 2.84. The van der Waals surface area contributed by atoms with Crippen LogP contribution in [-0.2, 0) is 0 Å². The summed E-state index contributed by atoms with van der Waals surface area (Å²) in [5.74, 6) is 1.21. The Kier molecular flexibility index (Phi) is 2.60. The Labute approximate surface area is 116 Å². The van der Waals surface area contributed by atoms with Crippen molar-refractivity contribution in [3.8, 4) is 5.82 Å². The van der Waals surface area contributed by atoms with Crippen LogP contribution in [0, 0.1) is 13.8 Å². The molecule has 18 heavy (non-hydrogen) atoms. The van der Waals surface area contributed by atoms with E-state index in [0.717, 1.165) is 20.5 Å². The lowest BCUT2D eigenvalue weighted by molar-refractivity contribution is 0.855. The summed E-state index contributed by atoms with van der Waals surface area (Å²) in [7, 11) is 0. The molecule has 2 N–H and O–H groups in total. The molecule has 3 rings (SSSR count). The average molecular weight is 324 g/mol. The van der Waals surface area contributed by atoms with Gasteiger partial charge in [-0.15, -0.1) is 16.4 Å². The van der Waals surface area contributed by atoms with Crippen molar-refractivity contribution < 1.29 is 0 Å². The van der Waals surface area contributed by atoms with Crippen LogP contribution in [0.3, 0.4) is 0 Å². The van der Waals surface area contributed by atoms with Gasteiger partial charge in [0.1, 0.15) is 11.2 Å². The molecule has 0 saturated heterocycles. The first-order valence-corrected chi connectivity index (χ1v) is 6.90. The van der Waals surface area contributed by atoms with Crippen LogP contribution in [0.4, 0.5) is 5.82 Å². The van der Waals surface area contributed by atoms with Gasteiger partial charge in [0.05, 0.1) is 9.86 Å². The molecule has 0 saturated carbocycles. The second-order valence-electron chi connectivity index (χ2n) is 3.97. The van der Waals surface area contributed by atoms with Crippen LogP contribution < -0.4 is 5.73 Å². The number of aryl methyl sites for hydroxylation is 2. The maximum atomic E-state index is 5.75. The van der Waals surface area contributed by atoms with Crippen molar-refractivity contribution in [1.82, 2.24) is 19.7 Å². The molecule has 0 amide bonds. The van der Waals surface area contributed by atoms with Crippen LogP contribution >= 0.6 is 27.3 Å². The molecule has 7 heteroatoms. The topological polar surface area (TPSA) is 69.6 Å². The standard InChI is InChI=1S/C11H10BrN5S/c1-5-6(2)18-11-8(5)10(14-4-15-11)17-3-7(12)9(13)16-17/h3-4H,1-2H3,(H2,13,16). The van der Waals surface area contributed by atoms with Gasteiger partial charge in [-0.05, 0) is 35.3 Å². The van der Waals surface area contributed by atoms with Crippen molar-refractivity contribution in [2.75, 3.05) is 5.73 Å². The second kappa shape index (κ2) is 4.03. The van der Waals surface area contributed by atoms with Crippen LogP contribution in [0.25, 0.3) is 16.0 Å². The Bertz CT molecular complexity index is 726. The first-order valence-electron chi connectivity index (χ1n) is 5.29. The molecule has 3 heterocycles. The molecule has 0 fully saturated rings. The normalized spacial score (nSPS) is 11.3. The Hall–Kier alpha value is -1.47. The number of nitrogen functional groups attached to an aromatic ring is 1. The summed E-state index contributed by atoms with van der Waals surface area (Å²) in [6, 6.07) is 0. The SMILES string of the molecule is Cc1sc2ncnc(-n3cc(Br)c(N)n3)c2c1C. The van der Waals surface area contributed by atoms with Crippen molar-refractivity contribution in [2.45, 2.75) is 13.8 Å². The molecule has 5 nitrogen and oxygen atoms in total. The Morgan fingerprint density at radius 3 is 2.78 bits per heavy atom. The van der Waals surface area contributed by atoms with E-state index in [1.54, 1.807) is 22.3 Å². The van der Waals surface area contributed by atoms with Crippen molar-refractivity contribution in [1.29, 1.82) is 0 Å². The number of nitrogens with zero attached hydrogens (tertiary/aromatic N) is 4. The molecule has 0 unspecified atom stereocenters. The first kappa shape index (κ1) is 11.6. The molecule has 0 aromatic carbocycles. The monoisotopic (exact) mass is 323 g/mol. The van der Waals surface area contributed by atoms with E-state index in [-0.39, 0.29) is 0 Å². The van der Waals surface area contributed by atoms with Gasteiger partial charge in [-0.25, -0.2) is 14.6 Å². The molecule has 0 spiro atoms. The van der Waals surface area contributed by atoms with Crippen LogP contribution in [0.2, 0.25) is 0 Å². The predicted molar refractivity (Wildman–Crippen MR) is 76.1 cm³/mol. The fourth-order valence-electron chi connectivity index (χ4n) is 1.81. The molecular weight excluding hydrogens is 314 g/mol. The van der Waals surface area contributed by atoms with E-state index in [1.165, 1.54) is 10.4 Å². The number of aromatic nitrogens is 4. The summed E-state index contributed by atoms with van der Waals surface area (Å²) in [4.78, 5) is 10.8. The summed E-state index contributed by atoms with van der Waals surface area (Å²) in [6.45, 7) is 4.15. The smallest absolute Gasteiger partial charge is 0.165 e. The van der Waals surface area contributed by atoms with Crippen molar-refractivity contribution >= 4 is 43.3 Å². The van der Waals surface area contributed by atoms with E-state index in [2.05, 4.69) is 44.8 Å². The Balaban J connectivity index is 2.35. The zero-order valence-electron chi connectivity index (χ0n) is 9.81. The van der Waals surface area contributed by atoms with E-state index in [1.807, 2.05) is 6.20 Å². The Morgan fingerprint density at radius 1 is 1.33 bits per heavy atom. The van der Waals surface area contributed by atoms with E-state index in [0.29, 0.717) is 5.82 Å². The number of rotatable bonds is 1. The Morgan fingerprint density at radius 2 is 2.11 bits per heavy atom. The molecule has 3 aromatic rings. The first-order chi connectivity index (χ1) is 8.58. The zero-order chi connectivity index (χ0) is 12.9. The van der Waals surface area contributed by atoms with Gasteiger partial charge in [0.25, 0.3) is 0 Å². The number of nitrogens with two attached hydrogens (primary N) is 1. The maximum absolute atomic E-state index is 5.75. The van der Waals surface area contributed by atoms with Gasteiger partial charge >= 0.3 is 0 Å². The van der Waals surface area contributed by atoms with Gasteiger partial charge in [0, 0.05) is 11.1 Å². The zero-order valence-corrected chi connectivity index (χ0v) is 12.2. The van der Waals surface area contributed by atoms with Gasteiger partial charge in [-0.2, -0.15) is 0 Å². The van der Waals surface area contributed by atoms with Gasteiger partial charge in [-0.3, -0.25) is 0 Å². The third kappa shape index (κ3) is 1.62. The van der Waals surface area contributed by atoms with E-state index < -0.39 is 0 Å². The highest BCUT2D eigenvalue weighted by atomic mass is 79.9. The van der Waals surface area contributed by atoms with E-state index >= 15 is 0 Å². The largest absolute Gasteiger partial charge is 0.381 e. The number of fused-ring (bicyclic) bond motifs is 1. The minimum atomic E-state index is 0.450. The lowest BCUT2D eigenvalue weighted by Crippen LogP contribution is -2.00. The van der Waals surface area contributed by atoms with Crippen LogP contribution in [0.1, 0.15) is 10.4 Å². The summed E-state index contributed by atoms with van der Waals surface area (Å²) in [5.41, 5.74) is 6.94. The third-order valence-electron chi connectivity index (χ3n) is 2.86. The highest BCUT2D eigenvalue weighted by Gasteiger charge is 2.14. The van der Waals surface area contributed by atoms with Gasteiger partial charge in [-0.1, -0.05) is 0 Å². The van der Waals surface area contributed by atoms with E-state index in [4.69, 9.17) is 5.73 Å². The average Bonchev–Trinajstić information content (AvgIpc) is 2.82. The molecule has 0 bridgehead atoms. The number of halogens is 1. The van der Waals surface area contributed by atoms with Crippen molar-refractivity contribution in [3.05, 3.63) is 27.4 Å². The van der Waals surface area contributed by atoms with Crippen molar-refractivity contribution in [2.24, 2.45) is 0 Å². The van der Waals surface area contributed by atoms with Crippen molar-refractivity contribution in [3.63, 3.8) is 0 Å². The summed E-state index contributed by atoms with van der Waals surface area (Å²) < 4.78 is 2.45. The molecule has 0 aliphatic rings. The fraction of sp³-hybridized carbons (Fsp3) is 0.182. The molecule has 0 radical (unpaired) electrons. The van der Waals surface area contributed by atoms with Gasteiger partial charge in [0.2, 0.25) is 0 Å². The number of thiophene rings is 1. The van der Waals surface area contributed by atoms with Gasteiger partial charge < -0.3 is 5.73 Å². The summed E-state index contributed by atoms with van der Waals surface area (Å²) >= 11 is 5.02. The molecule has 0 aliphatic carbocycles. The number of hydrogen-bond donors (Lipinski definition) is 1.